The van der Waals surface area contributed by atoms with E-state index in [0.29, 0.717) is 12.1 Å². The molecule has 146 valence electrons. The average Bonchev–Trinajstić information content (AvgIpc) is 2.61. The zero-order valence-corrected chi connectivity index (χ0v) is 17.7. The van der Waals surface area contributed by atoms with Gasteiger partial charge < -0.3 is 5.32 Å². The maximum absolute atomic E-state index is 12.7. The van der Waals surface area contributed by atoms with Crippen molar-refractivity contribution in [1.82, 2.24) is 4.72 Å². The predicted molar refractivity (Wildman–Crippen MR) is 112 cm³/mol. The Morgan fingerprint density at radius 3 is 2.15 bits per heavy atom. The van der Waals surface area contributed by atoms with Gasteiger partial charge in [0.2, 0.25) is 15.9 Å². The maximum atomic E-state index is 12.7. The zero-order valence-electron chi connectivity index (χ0n) is 16.0. The van der Waals surface area contributed by atoms with Crippen LogP contribution >= 0.6 is 11.8 Å². The standard InChI is InChI=1S/C20H26N2O3S2/c1-14(2)13-19(20(23)21-16-7-9-17(26-4)10-8-16)22-27(24,25)18-11-5-15(3)6-12-18/h5-12,14,19,22H,13H2,1-4H3,(H,21,23)/t19-/m0/s1. The Bertz CT molecular complexity index is 861. The van der Waals surface area contributed by atoms with Crippen molar-refractivity contribution in [3.05, 3.63) is 54.1 Å². The van der Waals surface area contributed by atoms with Crippen LogP contribution in [0.3, 0.4) is 0 Å². The van der Waals surface area contributed by atoms with Gasteiger partial charge in [-0.2, -0.15) is 4.72 Å². The quantitative estimate of drug-likeness (QED) is 0.649. The van der Waals surface area contributed by atoms with Crippen LogP contribution in [-0.4, -0.2) is 26.6 Å². The topological polar surface area (TPSA) is 75.3 Å². The number of sulfonamides is 1. The fraction of sp³-hybridized carbons (Fsp3) is 0.350. The molecule has 2 rings (SSSR count). The van der Waals surface area contributed by atoms with Gasteiger partial charge in [-0.1, -0.05) is 31.5 Å². The van der Waals surface area contributed by atoms with Crippen LogP contribution in [0, 0.1) is 12.8 Å². The molecule has 27 heavy (non-hydrogen) atoms. The molecule has 0 bridgehead atoms. The van der Waals surface area contributed by atoms with Gasteiger partial charge in [-0.15, -0.1) is 11.8 Å². The van der Waals surface area contributed by atoms with Crippen molar-refractivity contribution in [3.63, 3.8) is 0 Å². The average molecular weight is 407 g/mol. The van der Waals surface area contributed by atoms with Gasteiger partial charge in [-0.25, -0.2) is 8.42 Å². The lowest BCUT2D eigenvalue weighted by molar-refractivity contribution is -0.118. The predicted octanol–water partition coefficient (Wildman–Crippen LogP) is 4.05. The lowest BCUT2D eigenvalue weighted by Gasteiger charge is -2.20. The number of hydrogen-bond donors (Lipinski definition) is 2. The molecular weight excluding hydrogens is 380 g/mol. The van der Waals surface area contributed by atoms with Crippen LogP contribution in [-0.2, 0) is 14.8 Å². The first kappa shape index (κ1) is 21.5. The minimum atomic E-state index is -3.78. The van der Waals surface area contributed by atoms with Crippen molar-refractivity contribution in [2.45, 2.75) is 43.0 Å². The molecule has 0 aliphatic heterocycles. The van der Waals surface area contributed by atoms with Crippen molar-refractivity contribution < 1.29 is 13.2 Å². The lowest BCUT2D eigenvalue weighted by atomic mass is 10.0. The number of carbonyl (C=O) groups excluding carboxylic acids is 1. The van der Waals surface area contributed by atoms with Gasteiger partial charge in [0.1, 0.15) is 6.04 Å². The van der Waals surface area contributed by atoms with Gasteiger partial charge in [0.25, 0.3) is 0 Å². The highest BCUT2D eigenvalue weighted by molar-refractivity contribution is 7.98. The van der Waals surface area contributed by atoms with Gasteiger partial charge in [-0.3, -0.25) is 4.79 Å². The van der Waals surface area contributed by atoms with Crippen LogP contribution in [0.2, 0.25) is 0 Å². The number of benzene rings is 2. The smallest absolute Gasteiger partial charge is 0.242 e. The Morgan fingerprint density at radius 1 is 1.04 bits per heavy atom. The Labute approximate surface area is 166 Å². The van der Waals surface area contributed by atoms with E-state index in [-0.39, 0.29) is 16.7 Å². The molecule has 0 saturated carbocycles. The Balaban J connectivity index is 2.17. The van der Waals surface area contributed by atoms with Gasteiger partial charge in [0, 0.05) is 10.6 Å². The second-order valence-corrected chi connectivity index (χ2v) is 9.43. The zero-order chi connectivity index (χ0) is 20.0. The van der Waals surface area contributed by atoms with E-state index in [0.717, 1.165) is 10.5 Å². The van der Waals surface area contributed by atoms with Crippen LogP contribution in [0.5, 0.6) is 0 Å². The second-order valence-electron chi connectivity index (χ2n) is 6.83. The maximum Gasteiger partial charge on any atom is 0.242 e. The van der Waals surface area contributed by atoms with Crippen LogP contribution in [0.1, 0.15) is 25.8 Å². The number of carbonyl (C=O) groups is 1. The molecule has 0 aliphatic rings. The van der Waals surface area contributed by atoms with E-state index in [1.54, 1.807) is 36.0 Å². The highest BCUT2D eigenvalue weighted by Gasteiger charge is 2.26. The molecule has 0 aliphatic carbocycles. The van der Waals surface area contributed by atoms with E-state index in [9.17, 15) is 13.2 Å². The molecule has 0 aromatic heterocycles. The summed E-state index contributed by atoms with van der Waals surface area (Å²) >= 11 is 1.61. The molecule has 7 heteroatoms. The van der Waals surface area contributed by atoms with Crippen molar-refractivity contribution in [1.29, 1.82) is 0 Å². The van der Waals surface area contributed by atoms with E-state index in [1.807, 2.05) is 51.3 Å². The summed E-state index contributed by atoms with van der Waals surface area (Å²) in [6, 6.07) is 13.2. The molecule has 2 aromatic rings. The minimum Gasteiger partial charge on any atom is -0.325 e. The van der Waals surface area contributed by atoms with Gasteiger partial charge in [0.15, 0.2) is 0 Å². The number of thioether (sulfide) groups is 1. The molecule has 0 fully saturated rings. The number of anilines is 1. The summed E-state index contributed by atoms with van der Waals surface area (Å²) in [5.74, 6) is -0.211. The highest BCUT2D eigenvalue weighted by atomic mass is 32.2. The molecule has 2 N–H and O–H groups in total. The van der Waals surface area contributed by atoms with E-state index in [1.165, 1.54) is 0 Å². The van der Waals surface area contributed by atoms with E-state index in [2.05, 4.69) is 10.0 Å². The lowest BCUT2D eigenvalue weighted by Crippen LogP contribution is -2.44. The third-order valence-corrected chi connectivity index (χ3v) is 6.24. The molecule has 1 atom stereocenters. The Kier molecular flexibility index (Phi) is 7.47. The summed E-state index contributed by atoms with van der Waals surface area (Å²) in [6.45, 7) is 5.79. The van der Waals surface area contributed by atoms with E-state index >= 15 is 0 Å². The summed E-state index contributed by atoms with van der Waals surface area (Å²) in [5, 5.41) is 2.81. The molecule has 0 unspecified atom stereocenters. The highest BCUT2D eigenvalue weighted by Crippen LogP contribution is 2.19. The van der Waals surface area contributed by atoms with Crippen molar-refractivity contribution in [3.8, 4) is 0 Å². The monoisotopic (exact) mass is 406 g/mol. The molecule has 2 aromatic carbocycles. The van der Waals surface area contributed by atoms with Crippen LogP contribution in [0.15, 0.2) is 58.3 Å². The first-order chi connectivity index (χ1) is 12.7. The normalized spacial score (nSPS) is 12.8. The van der Waals surface area contributed by atoms with Crippen molar-refractivity contribution in [2.75, 3.05) is 11.6 Å². The molecule has 0 heterocycles. The molecular formula is C20H26N2O3S2. The Morgan fingerprint density at radius 2 is 1.63 bits per heavy atom. The summed E-state index contributed by atoms with van der Waals surface area (Å²) in [4.78, 5) is 14.0. The SMILES string of the molecule is CSc1ccc(NC(=O)[C@H](CC(C)C)NS(=O)(=O)c2ccc(C)cc2)cc1. The van der Waals surface area contributed by atoms with Crippen LogP contribution < -0.4 is 10.0 Å². The van der Waals surface area contributed by atoms with E-state index in [4.69, 9.17) is 0 Å². The third-order valence-electron chi connectivity index (χ3n) is 4.01. The third kappa shape index (κ3) is 6.37. The first-order valence-corrected chi connectivity index (χ1v) is 11.5. The molecule has 0 saturated heterocycles. The number of nitrogens with one attached hydrogen (secondary N) is 2. The second kappa shape index (κ2) is 9.39. The first-order valence-electron chi connectivity index (χ1n) is 8.75. The van der Waals surface area contributed by atoms with Crippen molar-refractivity contribution in [2.24, 2.45) is 5.92 Å². The van der Waals surface area contributed by atoms with Gasteiger partial charge in [-0.05, 0) is 61.9 Å². The van der Waals surface area contributed by atoms with E-state index < -0.39 is 16.1 Å². The molecule has 5 nitrogen and oxygen atoms in total. The summed E-state index contributed by atoms with van der Waals surface area (Å²) < 4.78 is 27.9. The van der Waals surface area contributed by atoms with Crippen LogP contribution in [0.25, 0.3) is 0 Å². The summed E-state index contributed by atoms with van der Waals surface area (Å²) in [6.07, 6.45) is 2.38. The molecule has 0 radical (unpaired) electrons. The number of rotatable bonds is 8. The minimum absolute atomic E-state index is 0.152. The fourth-order valence-corrected chi connectivity index (χ4v) is 4.17. The number of aryl methyl sites for hydroxylation is 1. The van der Waals surface area contributed by atoms with Crippen molar-refractivity contribution >= 4 is 33.4 Å². The Hall–Kier alpha value is -1.83. The fourth-order valence-electron chi connectivity index (χ4n) is 2.56. The number of hydrogen-bond acceptors (Lipinski definition) is 4. The van der Waals surface area contributed by atoms with Crippen LogP contribution in [0.4, 0.5) is 5.69 Å². The molecule has 0 spiro atoms. The largest absolute Gasteiger partial charge is 0.325 e. The molecule has 1 amide bonds. The number of amides is 1. The summed E-state index contributed by atoms with van der Waals surface area (Å²) in [7, 11) is -3.78. The van der Waals surface area contributed by atoms with Gasteiger partial charge in [0.05, 0.1) is 4.90 Å². The summed E-state index contributed by atoms with van der Waals surface area (Å²) in [5.41, 5.74) is 1.61. The van der Waals surface area contributed by atoms with Gasteiger partial charge >= 0.3 is 0 Å².